The molecule has 0 saturated heterocycles. The van der Waals surface area contributed by atoms with Crippen molar-refractivity contribution in [2.24, 2.45) is 0 Å². The van der Waals surface area contributed by atoms with Crippen LogP contribution >= 0.6 is 0 Å². The third kappa shape index (κ3) is 4.15. The van der Waals surface area contributed by atoms with Gasteiger partial charge >= 0.3 is 0 Å². The molecule has 1 atom stereocenters. The Kier molecular flexibility index (Phi) is 5.09. The highest BCUT2D eigenvalue weighted by Crippen LogP contribution is 2.25. The van der Waals surface area contributed by atoms with E-state index < -0.39 is 0 Å². The molecule has 21 heavy (non-hydrogen) atoms. The number of aryl methyl sites for hydroxylation is 1. The maximum atomic E-state index is 9.55. The number of rotatable bonds is 6. The van der Waals surface area contributed by atoms with Crippen molar-refractivity contribution in [3.63, 3.8) is 0 Å². The molecule has 2 aromatic carbocycles. The predicted octanol–water partition coefficient (Wildman–Crippen LogP) is 4.66. The Morgan fingerprint density at radius 3 is 2.48 bits per heavy atom. The Bertz CT molecular complexity index is 578. The smallest absolute Gasteiger partial charge is 0.119 e. The molecule has 2 N–H and O–H groups in total. The van der Waals surface area contributed by atoms with Gasteiger partial charge in [-0.2, -0.15) is 0 Å². The number of nitrogens with one attached hydrogen (secondary N) is 1. The molecule has 0 bridgehead atoms. The van der Waals surface area contributed by atoms with Crippen LogP contribution in [0.3, 0.4) is 0 Å². The fraction of sp³-hybridized carbons (Fsp3) is 0.333. The summed E-state index contributed by atoms with van der Waals surface area (Å²) in [6.07, 6.45) is 1.01. The molecular weight excluding hydrogens is 262 g/mol. The summed E-state index contributed by atoms with van der Waals surface area (Å²) >= 11 is 0. The summed E-state index contributed by atoms with van der Waals surface area (Å²) in [6.45, 7) is 6.86. The van der Waals surface area contributed by atoms with Crippen molar-refractivity contribution < 1.29 is 9.84 Å². The monoisotopic (exact) mass is 285 g/mol. The minimum absolute atomic E-state index is 0.189. The van der Waals surface area contributed by atoms with Gasteiger partial charge in [0.15, 0.2) is 0 Å². The van der Waals surface area contributed by atoms with Gasteiger partial charge in [-0.1, -0.05) is 19.1 Å². The zero-order valence-electron chi connectivity index (χ0n) is 12.9. The Balaban J connectivity index is 2.02. The van der Waals surface area contributed by atoms with Crippen LogP contribution in [-0.4, -0.2) is 11.7 Å². The second kappa shape index (κ2) is 7.02. The highest BCUT2D eigenvalue weighted by Gasteiger charge is 2.06. The molecule has 0 heterocycles. The molecule has 2 rings (SSSR count). The van der Waals surface area contributed by atoms with Gasteiger partial charge in [-0.25, -0.2) is 0 Å². The van der Waals surface area contributed by atoms with Gasteiger partial charge in [-0.15, -0.1) is 0 Å². The molecular formula is C18H23NO2. The second-order valence-corrected chi connectivity index (χ2v) is 5.28. The first-order valence-corrected chi connectivity index (χ1v) is 7.39. The van der Waals surface area contributed by atoms with E-state index in [4.69, 9.17) is 4.74 Å². The first kappa shape index (κ1) is 15.2. The number of hydrogen-bond acceptors (Lipinski definition) is 3. The third-order valence-electron chi connectivity index (χ3n) is 3.43. The molecule has 2 aromatic rings. The predicted molar refractivity (Wildman–Crippen MR) is 87.1 cm³/mol. The molecule has 0 radical (unpaired) electrons. The zero-order valence-corrected chi connectivity index (χ0v) is 12.9. The normalized spacial score (nSPS) is 12.0. The summed E-state index contributed by atoms with van der Waals surface area (Å²) < 4.78 is 5.59. The molecule has 0 aromatic heterocycles. The van der Waals surface area contributed by atoms with Gasteiger partial charge in [0.25, 0.3) is 0 Å². The number of ether oxygens (including phenoxy) is 1. The summed E-state index contributed by atoms with van der Waals surface area (Å²) in [5.74, 6) is 1.24. The van der Waals surface area contributed by atoms with Crippen LogP contribution in [0.5, 0.6) is 11.5 Å². The van der Waals surface area contributed by atoms with E-state index in [9.17, 15) is 5.11 Å². The van der Waals surface area contributed by atoms with Crippen LogP contribution in [0.4, 0.5) is 5.69 Å². The Morgan fingerprint density at radius 1 is 1.14 bits per heavy atom. The van der Waals surface area contributed by atoms with Crippen molar-refractivity contribution in [2.75, 3.05) is 11.9 Å². The number of phenolic OH excluding ortho intramolecular Hbond substituents is 1. The second-order valence-electron chi connectivity index (χ2n) is 5.28. The minimum Gasteiger partial charge on any atom is -0.508 e. The van der Waals surface area contributed by atoms with Gasteiger partial charge in [0, 0.05) is 11.7 Å². The number of anilines is 1. The summed E-state index contributed by atoms with van der Waals surface area (Å²) in [6, 6.07) is 13.9. The van der Waals surface area contributed by atoms with E-state index in [-0.39, 0.29) is 6.04 Å². The molecule has 3 heteroatoms. The van der Waals surface area contributed by atoms with Crippen LogP contribution in [0.1, 0.15) is 37.4 Å². The van der Waals surface area contributed by atoms with E-state index in [0.29, 0.717) is 5.75 Å². The summed E-state index contributed by atoms with van der Waals surface area (Å²) in [5.41, 5.74) is 3.07. The van der Waals surface area contributed by atoms with E-state index in [1.54, 1.807) is 6.07 Å². The van der Waals surface area contributed by atoms with Crippen molar-refractivity contribution in [3.05, 3.63) is 53.6 Å². The fourth-order valence-electron chi connectivity index (χ4n) is 2.15. The molecule has 0 saturated carbocycles. The van der Waals surface area contributed by atoms with Crippen molar-refractivity contribution in [3.8, 4) is 11.5 Å². The molecule has 0 spiro atoms. The Hall–Kier alpha value is -2.16. The van der Waals surface area contributed by atoms with E-state index in [1.165, 1.54) is 5.56 Å². The molecule has 0 fully saturated rings. The first-order chi connectivity index (χ1) is 10.1. The average Bonchev–Trinajstić information content (AvgIpc) is 2.49. The van der Waals surface area contributed by atoms with Gasteiger partial charge in [0.05, 0.1) is 6.61 Å². The average molecular weight is 285 g/mol. The molecule has 0 amide bonds. The lowest BCUT2D eigenvalue weighted by Gasteiger charge is -2.17. The van der Waals surface area contributed by atoms with Gasteiger partial charge in [-0.05, 0) is 61.7 Å². The van der Waals surface area contributed by atoms with Gasteiger partial charge in [0.1, 0.15) is 11.5 Å². The van der Waals surface area contributed by atoms with E-state index in [0.717, 1.165) is 30.0 Å². The zero-order chi connectivity index (χ0) is 15.2. The Labute approximate surface area is 126 Å². The van der Waals surface area contributed by atoms with Crippen molar-refractivity contribution in [1.82, 2.24) is 0 Å². The van der Waals surface area contributed by atoms with Crippen LogP contribution in [0.25, 0.3) is 0 Å². The minimum atomic E-state index is 0.189. The van der Waals surface area contributed by atoms with Crippen LogP contribution in [0.2, 0.25) is 0 Å². The molecule has 1 unspecified atom stereocenters. The number of aromatic hydroxyl groups is 1. The van der Waals surface area contributed by atoms with Crippen molar-refractivity contribution in [1.29, 1.82) is 0 Å². The maximum absolute atomic E-state index is 9.55. The highest BCUT2D eigenvalue weighted by atomic mass is 16.5. The van der Waals surface area contributed by atoms with Gasteiger partial charge in [-0.3, -0.25) is 0 Å². The lowest BCUT2D eigenvalue weighted by atomic mass is 10.1. The van der Waals surface area contributed by atoms with Gasteiger partial charge < -0.3 is 15.2 Å². The van der Waals surface area contributed by atoms with Crippen LogP contribution in [-0.2, 0) is 0 Å². The number of phenols is 1. The van der Waals surface area contributed by atoms with E-state index in [2.05, 4.69) is 31.3 Å². The first-order valence-electron chi connectivity index (χ1n) is 7.39. The molecule has 3 nitrogen and oxygen atoms in total. The largest absolute Gasteiger partial charge is 0.508 e. The van der Waals surface area contributed by atoms with Crippen LogP contribution in [0.15, 0.2) is 42.5 Å². The standard InChI is InChI=1S/C18H23NO2/c1-4-11-21-17-8-5-15(6-9-17)14(3)19-16-7-10-18(20)13(2)12-16/h5-10,12,14,19-20H,4,11H2,1-3H3. The number of benzene rings is 2. The lowest BCUT2D eigenvalue weighted by Crippen LogP contribution is -2.06. The van der Waals surface area contributed by atoms with E-state index >= 15 is 0 Å². The molecule has 0 aliphatic heterocycles. The summed E-state index contributed by atoms with van der Waals surface area (Å²) in [4.78, 5) is 0. The molecule has 0 aliphatic carbocycles. The fourth-order valence-corrected chi connectivity index (χ4v) is 2.15. The third-order valence-corrected chi connectivity index (χ3v) is 3.43. The SMILES string of the molecule is CCCOc1ccc(C(C)Nc2ccc(O)c(C)c2)cc1. The van der Waals surface area contributed by atoms with Crippen molar-refractivity contribution >= 4 is 5.69 Å². The topological polar surface area (TPSA) is 41.5 Å². The van der Waals surface area contributed by atoms with Crippen molar-refractivity contribution in [2.45, 2.75) is 33.2 Å². The van der Waals surface area contributed by atoms with Gasteiger partial charge in [0.2, 0.25) is 0 Å². The van der Waals surface area contributed by atoms with E-state index in [1.807, 2.05) is 31.2 Å². The lowest BCUT2D eigenvalue weighted by molar-refractivity contribution is 0.317. The molecule has 0 aliphatic rings. The van der Waals surface area contributed by atoms with Crippen LogP contribution < -0.4 is 10.1 Å². The number of hydrogen-bond donors (Lipinski definition) is 2. The summed E-state index contributed by atoms with van der Waals surface area (Å²) in [5, 5.41) is 13.0. The Morgan fingerprint density at radius 2 is 1.86 bits per heavy atom. The maximum Gasteiger partial charge on any atom is 0.119 e. The van der Waals surface area contributed by atoms with Crippen LogP contribution in [0, 0.1) is 6.92 Å². The summed E-state index contributed by atoms with van der Waals surface area (Å²) in [7, 11) is 0. The highest BCUT2D eigenvalue weighted by molar-refractivity contribution is 5.51. The molecule has 112 valence electrons. The quantitative estimate of drug-likeness (QED) is 0.758.